The van der Waals surface area contributed by atoms with Gasteiger partial charge in [0.05, 0.1) is 23.5 Å². The highest BCUT2D eigenvalue weighted by Gasteiger charge is 2.29. The van der Waals surface area contributed by atoms with Crippen molar-refractivity contribution in [2.75, 3.05) is 18.9 Å². The van der Waals surface area contributed by atoms with E-state index in [-0.39, 0.29) is 31.4 Å². The zero-order valence-corrected chi connectivity index (χ0v) is 13.9. The van der Waals surface area contributed by atoms with Gasteiger partial charge in [0, 0.05) is 12.1 Å². The summed E-state index contributed by atoms with van der Waals surface area (Å²) in [6.45, 7) is 1.70. The summed E-state index contributed by atoms with van der Waals surface area (Å²) in [4.78, 5) is 36.6. The number of hydrogen-bond donors (Lipinski definition) is 1. The number of nitrogens with one attached hydrogen (secondary N) is 1. The molecule has 1 fully saturated rings. The van der Waals surface area contributed by atoms with E-state index in [1.807, 2.05) is 0 Å². The molecule has 0 aromatic heterocycles. The lowest BCUT2D eigenvalue weighted by Crippen LogP contribution is -2.37. The summed E-state index contributed by atoms with van der Waals surface area (Å²) in [6, 6.07) is 6.11. The van der Waals surface area contributed by atoms with Crippen LogP contribution in [0.25, 0.3) is 0 Å². The molecule has 0 saturated carbocycles. The van der Waals surface area contributed by atoms with Crippen molar-refractivity contribution in [2.45, 2.75) is 13.5 Å². The predicted molar refractivity (Wildman–Crippen MR) is 87.1 cm³/mol. The van der Waals surface area contributed by atoms with Crippen LogP contribution >= 0.6 is 11.8 Å². The van der Waals surface area contributed by atoms with Crippen molar-refractivity contribution in [3.8, 4) is 0 Å². The molecule has 1 aliphatic heterocycles. The molecule has 2 amide bonds. The van der Waals surface area contributed by atoms with Gasteiger partial charge in [0.25, 0.3) is 0 Å². The molecule has 6 nitrogen and oxygen atoms in total. The zero-order valence-electron chi connectivity index (χ0n) is 13.1. The average molecular weight is 352 g/mol. The number of thioether (sulfide) groups is 1. The van der Waals surface area contributed by atoms with Gasteiger partial charge in [0.1, 0.15) is 12.4 Å². The number of ether oxygens (including phenoxy) is 1. The summed E-state index contributed by atoms with van der Waals surface area (Å²) in [7, 11) is 0. The standard InChI is InChI=1S/C16H17FN2O4S/c1-2-23-16(22)7-15-19(14(21)10-24-15)9-13(20)18-8-11-5-3-4-6-12(11)17/h3-7H,2,8-10H2,1H3,(H,18,20)/b15-7-. The van der Waals surface area contributed by atoms with Crippen molar-refractivity contribution in [3.63, 3.8) is 0 Å². The first-order chi connectivity index (χ1) is 11.5. The van der Waals surface area contributed by atoms with Gasteiger partial charge < -0.3 is 10.1 Å². The van der Waals surface area contributed by atoms with E-state index >= 15 is 0 Å². The molecule has 0 spiro atoms. The van der Waals surface area contributed by atoms with Gasteiger partial charge in [-0.3, -0.25) is 14.5 Å². The molecule has 2 rings (SSSR count). The Labute approximate surface area is 143 Å². The predicted octanol–water partition coefficient (Wildman–Crippen LogP) is 1.42. The monoisotopic (exact) mass is 352 g/mol. The van der Waals surface area contributed by atoms with Crippen molar-refractivity contribution in [3.05, 3.63) is 46.8 Å². The van der Waals surface area contributed by atoms with Crippen molar-refractivity contribution in [1.29, 1.82) is 0 Å². The third-order valence-electron chi connectivity index (χ3n) is 3.17. The quantitative estimate of drug-likeness (QED) is 0.619. The maximum Gasteiger partial charge on any atom is 0.333 e. The van der Waals surface area contributed by atoms with Gasteiger partial charge in [-0.15, -0.1) is 0 Å². The van der Waals surface area contributed by atoms with E-state index in [4.69, 9.17) is 4.74 Å². The van der Waals surface area contributed by atoms with E-state index in [9.17, 15) is 18.8 Å². The molecule has 24 heavy (non-hydrogen) atoms. The van der Waals surface area contributed by atoms with Crippen LogP contribution in [0.15, 0.2) is 35.4 Å². The first-order valence-corrected chi connectivity index (χ1v) is 8.31. The maximum absolute atomic E-state index is 13.5. The molecular formula is C16H17FN2O4S. The molecular weight excluding hydrogens is 335 g/mol. The minimum Gasteiger partial charge on any atom is -0.463 e. The molecule has 0 radical (unpaired) electrons. The molecule has 1 N–H and O–H groups in total. The minimum absolute atomic E-state index is 0.0254. The molecule has 0 aliphatic carbocycles. The van der Waals surface area contributed by atoms with E-state index in [2.05, 4.69) is 5.32 Å². The van der Waals surface area contributed by atoms with Crippen LogP contribution < -0.4 is 5.32 Å². The SMILES string of the molecule is CCOC(=O)/C=C1\SCC(=O)N1CC(=O)NCc1ccccc1F. The van der Waals surface area contributed by atoms with E-state index in [1.54, 1.807) is 25.1 Å². The van der Waals surface area contributed by atoms with Gasteiger partial charge in [-0.2, -0.15) is 0 Å². The Morgan fingerprint density at radius 1 is 1.42 bits per heavy atom. The molecule has 8 heteroatoms. The lowest BCUT2D eigenvalue weighted by Gasteiger charge is -2.16. The van der Waals surface area contributed by atoms with Crippen LogP contribution in [0.3, 0.4) is 0 Å². The second kappa shape index (κ2) is 8.49. The van der Waals surface area contributed by atoms with Crippen molar-refractivity contribution >= 4 is 29.5 Å². The number of benzene rings is 1. The Bertz CT molecular complexity index is 678. The topological polar surface area (TPSA) is 75.7 Å². The smallest absolute Gasteiger partial charge is 0.333 e. The number of esters is 1. The van der Waals surface area contributed by atoms with Crippen LogP contribution in [0.4, 0.5) is 4.39 Å². The Morgan fingerprint density at radius 2 is 2.17 bits per heavy atom. The third kappa shape index (κ3) is 4.82. The molecule has 1 aromatic rings. The second-order valence-electron chi connectivity index (χ2n) is 4.87. The zero-order chi connectivity index (χ0) is 17.5. The summed E-state index contributed by atoms with van der Waals surface area (Å²) < 4.78 is 18.3. The third-order valence-corrected chi connectivity index (χ3v) is 4.20. The first-order valence-electron chi connectivity index (χ1n) is 7.33. The Kier molecular flexibility index (Phi) is 6.36. The molecule has 1 aliphatic rings. The molecule has 1 heterocycles. The highest BCUT2D eigenvalue weighted by molar-refractivity contribution is 8.04. The number of carbonyl (C=O) groups is 3. The fraction of sp³-hybridized carbons (Fsp3) is 0.312. The molecule has 1 aromatic carbocycles. The van der Waals surface area contributed by atoms with E-state index < -0.39 is 17.7 Å². The summed E-state index contributed by atoms with van der Waals surface area (Å²) >= 11 is 1.17. The lowest BCUT2D eigenvalue weighted by atomic mass is 10.2. The number of halogens is 1. The summed E-state index contributed by atoms with van der Waals surface area (Å²) in [6.07, 6.45) is 1.20. The van der Waals surface area contributed by atoms with E-state index in [0.717, 1.165) is 0 Å². The number of nitrogens with zero attached hydrogens (tertiary/aromatic N) is 1. The summed E-state index contributed by atoms with van der Waals surface area (Å²) in [5.74, 6) is -1.52. The normalized spacial score (nSPS) is 15.7. The van der Waals surface area contributed by atoms with Crippen LogP contribution in [0.2, 0.25) is 0 Å². The van der Waals surface area contributed by atoms with Gasteiger partial charge in [-0.1, -0.05) is 30.0 Å². The largest absolute Gasteiger partial charge is 0.463 e. The van der Waals surface area contributed by atoms with Gasteiger partial charge in [-0.25, -0.2) is 9.18 Å². The van der Waals surface area contributed by atoms with Gasteiger partial charge in [0.2, 0.25) is 11.8 Å². The van der Waals surface area contributed by atoms with Crippen LogP contribution in [0.5, 0.6) is 0 Å². The second-order valence-corrected chi connectivity index (χ2v) is 5.87. The molecule has 0 bridgehead atoms. The molecule has 1 saturated heterocycles. The number of carbonyl (C=O) groups excluding carboxylic acids is 3. The van der Waals surface area contributed by atoms with Crippen molar-refractivity contribution in [2.24, 2.45) is 0 Å². The van der Waals surface area contributed by atoms with Crippen LogP contribution in [0.1, 0.15) is 12.5 Å². The van der Waals surface area contributed by atoms with E-state index in [0.29, 0.717) is 10.6 Å². The molecule has 0 unspecified atom stereocenters. The van der Waals surface area contributed by atoms with Crippen molar-refractivity contribution in [1.82, 2.24) is 10.2 Å². The van der Waals surface area contributed by atoms with E-state index in [1.165, 1.54) is 28.8 Å². The minimum atomic E-state index is -0.563. The molecule has 0 atom stereocenters. The highest BCUT2D eigenvalue weighted by atomic mass is 32.2. The Morgan fingerprint density at radius 3 is 2.88 bits per heavy atom. The fourth-order valence-electron chi connectivity index (χ4n) is 2.02. The van der Waals surface area contributed by atoms with Gasteiger partial charge in [0.15, 0.2) is 0 Å². The van der Waals surface area contributed by atoms with Gasteiger partial charge >= 0.3 is 5.97 Å². The Balaban J connectivity index is 1.95. The first kappa shape index (κ1) is 18.0. The fourth-order valence-corrected chi connectivity index (χ4v) is 2.95. The highest BCUT2D eigenvalue weighted by Crippen LogP contribution is 2.28. The summed E-state index contributed by atoms with van der Waals surface area (Å²) in [5.41, 5.74) is 0.357. The van der Waals surface area contributed by atoms with Crippen LogP contribution in [0, 0.1) is 5.82 Å². The van der Waals surface area contributed by atoms with Gasteiger partial charge in [-0.05, 0) is 13.0 Å². The number of rotatable bonds is 6. The average Bonchev–Trinajstić information content (AvgIpc) is 2.87. The van der Waals surface area contributed by atoms with Crippen LogP contribution in [-0.4, -0.2) is 41.6 Å². The lowest BCUT2D eigenvalue weighted by molar-refractivity contribution is -0.137. The van der Waals surface area contributed by atoms with Crippen molar-refractivity contribution < 1.29 is 23.5 Å². The molecule has 128 valence electrons. The number of amides is 2. The maximum atomic E-state index is 13.5. The number of hydrogen-bond acceptors (Lipinski definition) is 5. The van der Waals surface area contributed by atoms with Crippen LogP contribution in [-0.2, 0) is 25.7 Å². The Hall–Kier alpha value is -2.35. The summed E-state index contributed by atoms with van der Waals surface area (Å²) in [5, 5.41) is 2.94.